The molecular weight excluding hydrogens is 272 g/mol. The molecule has 0 aliphatic carbocycles. The van der Waals surface area contributed by atoms with E-state index in [4.69, 9.17) is 5.11 Å². The van der Waals surface area contributed by atoms with Crippen molar-refractivity contribution in [1.82, 2.24) is 14.9 Å². The molecule has 0 saturated carbocycles. The number of carbonyl (C=O) groups is 2. The number of carbonyl (C=O) groups excluding carboxylic acids is 1. The molecule has 1 fully saturated rings. The topological polar surface area (TPSA) is 86.6 Å². The molecule has 0 aromatic carbocycles. The van der Waals surface area contributed by atoms with Gasteiger partial charge in [0.25, 0.3) is 0 Å². The smallest absolute Gasteiger partial charge is 0.356 e. The summed E-state index contributed by atoms with van der Waals surface area (Å²) in [6, 6.07) is -0.317. The fraction of sp³-hybridized carbons (Fsp3) is 0.571. The summed E-state index contributed by atoms with van der Waals surface area (Å²) in [5.41, 5.74) is -0.101. The van der Waals surface area contributed by atoms with Crippen molar-refractivity contribution in [3.05, 3.63) is 18.1 Å². The van der Waals surface area contributed by atoms with Crippen LogP contribution in [0.4, 0.5) is 5.82 Å². The Labute approximate surface area is 123 Å². The molecule has 0 radical (unpaired) electrons. The molecule has 0 bridgehead atoms. The van der Waals surface area contributed by atoms with Gasteiger partial charge in [-0.05, 0) is 12.8 Å². The maximum absolute atomic E-state index is 12.4. The van der Waals surface area contributed by atoms with E-state index in [2.05, 4.69) is 23.8 Å². The van der Waals surface area contributed by atoms with E-state index in [0.29, 0.717) is 24.8 Å². The first-order valence-corrected chi connectivity index (χ1v) is 7.01. The Bertz CT molecular complexity index is 530. The minimum atomic E-state index is -1.11. The highest BCUT2D eigenvalue weighted by molar-refractivity contribution is 5.86. The zero-order valence-corrected chi connectivity index (χ0v) is 12.5. The standard InChI is InChI=1S/C14H20N4O3/c1-9(2)8-17-4-5-18(10(3)13(17)19)12-7-15-11(6-16-12)14(20)21/h6-7,9-10H,4-5,8H2,1-3H3,(H,20,21). The molecule has 1 N–H and O–H groups in total. The van der Waals surface area contributed by atoms with Gasteiger partial charge in [0.15, 0.2) is 5.69 Å². The second kappa shape index (κ2) is 6.07. The van der Waals surface area contributed by atoms with E-state index >= 15 is 0 Å². The average Bonchev–Trinajstić information content (AvgIpc) is 2.44. The number of nitrogens with zero attached hydrogens (tertiary/aromatic N) is 4. The lowest BCUT2D eigenvalue weighted by atomic mass is 10.1. The summed E-state index contributed by atoms with van der Waals surface area (Å²) in [6.07, 6.45) is 2.63. The Morgan fingerprint density at radius 3 is 2.62 bits per heavy atom. The summed E-state index contributed by atoms with van der Waals surface area (Å²) in [5, 5.41) is 8.82. The Hall–Kier alpha value is -2.18. The second-order valence-electron chi connectivity index (χ2n) is 5.61. The molecule has 0 spiro atoms. The minimum absolute atomic E-state index is 0.0686. The highest BCUT2D eigenvalue weighted by atomic mass is 16.4. The van der Waals surface area contributed by atoms with Gasteiger partial charge in [-0.15, -0.1) is 0 Å². The van der Waals surface area contributed by atoms with Crippen LogP contribution in [-0.4, -0.2) is 57.5 Å². The number of carboxylic acid groups (broad SMARTS) is 1. The molecule has 1 aromatic rings. The molecule has 7 nitrogen and oxygen atoms in total. The van der Waals surface area contributed by atoms with Crippen molar-refractivity contribution >= 4 is 17.7 Å². The maximum atomic E-state index is 12.4. The molecule has 1 aliphatic heterocycles. The summed E-state index contributed by atoms with van der Waals surface area (Å²) >= 11 is 0. The van der Waals surface area contributed by atoms with Crippen molar-refractivity contribution < 1.29 is 14.7 Å². The number of anilines is 1. The highest BCUT2D eigenvalue weighted by Crippen LogP contribution is 2.19. The molecule has 21 heavy (non-hydrogen) atoms. The zero-order valence-electron chi connectivity index (χ0n) is 12.5. The fourth-order valence-electron chi connectivity index (χ4n) is 2.44. The van der Waals surface area contributed by atoms with Gasteiger partial charge in [-0.3, -0.25) is 4.79 Å². The quantitative estimate of drug-likeness (QED) is 0.886. The number of rotatable bonds is 4. The van der Waals surface area contributed by atoms with Crippen LogP contribution < -0.4 is 4.90 Å². The molecule has 1 aliphatic rings. The van der Waals surface area contributed by atoms with Crippen molar-refractivity contribution in [3.8, 4) is 0 Å². The van der Waals surface area contributed by atoms with E-state index in [1.165, 1.54) is 12.4 Å². The average molecular weight is 292 g/mol. The van der Waals surface area contributed by atoms with E-state index < -0.39 is 5.97 Å². The maximum Gasteiger partial charge on any atom is 0.356 e. The largest absolute Gasteiger partial charge is 0.476 e. The summed E-state index contributed by atoms with van der Waals surface area (Å²) in [5.74, 6) is -0.0774. The molecule has 2 heterocycles. The molecular formula is C14H20N4O3. The van der Waals surface area contributed by atoms with Crippen LogP contribution in [-0.2, 0) is 4.79 Å². The summed E-state index contributed by atoms with van der Waals surface area (Å²) in [4.78, 5) is 34.8. The lowest BCUT2D eigenvalue weighted by molar-refractivity contribution is -0.134. The van der Waals surface area contributed by atoms with Gasteiger partial charge in [-0.2, -0.15) is 0 Å². The van der Waals surface area contributed by atoms with Crippen LogP contribution in [0.25, 0.3) is 0 Å². The van der Waals surface area contributed by atoms with E-state index in [9.17, 15) is 9.59 Å². The molecule has 2 rings (SSSR count). The zero-order chi connectivity index (χ0) is 15.6. The summed E-state index contributed by atoms with van der Waals surface area (Å²) in [7, 11) is 0. The summed E-state index contributed by atoms with van der Waals surface area (Å²) in [6.45, 7) is 8.06. The van der Waals surface area contributed by atoms with Crippen molar-refractivity contribution in [2.24, 2.45) is 5.92 Å². The predicted molar refractivity (Wildman–Crippen MR) is 77.2 cm³/mol. The van der Waals surface area contributed by atoms with E-state index in [-0.39, 0.29) is 17.6 Å². The van der Waals surface area contributed by atoms with Gasteiger partial charge in [0.2, 0.25) is 5.91 Å². The van der Waals surface area contributed by atoms with Gasteiger partial charge in [0.05, 0.1) is 12.4 Å². The Kier molecular flexibility index (Phi) is 4.40. The van der Waals surface area contributed by atoms with Crippen LogP contribution in [0, 0.1) is 5.92 Å². The molecule has 1 aromatic heterocycles. The Morgan fingerprint density at radius 1 is 1.38 bits per heavy atom. The molecule has 1 amide bonds. The van der Waals surface area contributed by atoms with Crippen molar-refractivity contribution in [2.45, 2.75) is 26.8 Å². The third-order valence-corrected chi connectivity index (χ3v) is 3.48. The normalized spacial score (nSPS) is 19.2. The van der Waals surface area contributed by atoms with E-state index in [1.54, 1.807) is 0 Å². The van der Waals surface area contributed by atoms with Gasteiger partial charge < -0.3 is 14.9 Å². The van der Waals surface area contributed by atoms with Crippen molar-refractivity contribution in [2.75, 3.05) is 24.5 Å². The van der Waals surface area contributed by atoms with Gasteiger partial charge in [0.1, 0.15) is 11.9 Å². The fourth-order valence-corrected chi connectivity index (χ4v) is 2.44. The first-order valence-electron chi connectivity index (χ1n) is 7.01. The van der Waals surface area contributed by atoms with E-state index in [0.717, 1.165) is 6.54 Å². The van der Waals surface area contributed by atoms with E-state index in [1.807, 2.05) is 16.7 Å². The van der Waals surface area contributed by atoms with Crippen LogP contribution in [0.1, 0.15) is 31.3 Å². The third kappa shape index (κ3) is 3.29. The predicted octanol–water partition coefficient (Wildman–Crippen LogP) is 0.868. The second-order valence-corrected chi connectivity index (χ2v) is 5.61. The van der Waals surface area contributed by atoms with Gasteiger partial charge in [-0.25, -0.2) is 14.8 Å². The summed E-state index contributed by atoms with van der Waals surface area (Å²) < 4.78 is 0. The lowest BCUT2D eigenvalue weighted by Gasteiger charge is -2.40. The van der Waals surface area contributed by atoms with Gasteiger partial charge >= 0.3 is 5.97 Å². The number of aromatic nitrogens is 2. The van der Waals surface area contributed by atoms with Gasteiger partial charge in [0, 0.05) is 19.6 Å². The lowest BCUT2D eigenvalue weighted by Crippen LogP contribution is -2.56. The molecule has 1 atom stereocenters. The van der Waals surface area contributed by atoms with Crippen LogP contribution in [0.5, 0.6) is 0 Å². The Balaban J connectivity index is 2.12. The number of carboxylic acids is 1. The third-order valence-electron chi connectivity index (χ3n) is 3.48. The van der Waals surface area contributed by atoms with Crippen LogP contribution in [0.3, 0.4) is 0 Å². The van der Waals surface area contributed by atoms with Crippen LogP contribution in [0.2, 0.25) is 0 Å². The minimum Gasteiger partial charge on any atom is -0.476 e. The first kappa shape index (κ1) is 15.2. The monoisotopic (exact) mass is 292 g/mol. The number of piperazine rings is 1. The van der Waals surface area contributed by atoms with Crippen LogP contribution >= 0.6 is 0 Å². The molecule has 1 unspecified atom stereocenters. The SMILES string of the molecule is CC(C)CN1CCN(c2cnc(C(=O)O)cn2)C(C)C1=O. The van der Waals surface area contributed by atoms with Crippen molar-refractivity contribution in [1.29, 1.82) is 0 Å². The highest BCUT2D eigenvalue weighted by Gasteiger charge is 2.32. The number of aromatic carboxylic acids is 1. The van der Waals surface area contributed by atoms with Gasteiger partial charge in [-0.1, -0.05) is 13.8 Å². The molecule has 114 valence electrons. The number of hydrogen-bond acceptors (Lipinski definition) is 5. The van der Waals surface area contributed by atoms with Crippen molar-refractivity contribution in [3.63, 3.8) is 0 Å². The number of amides is 1. The molecule has 7 heteroatoms. The Morgan fingerprint density at radius 2 is 2.10 bits per heavy atom. The number of hydrogen-bond donors (Lipinski definition) is 1. The molecule has 1 saturated heterocycles. The first-order chi connectivity index (χ1) is 9.90. The van der Waals surface area contributed by atoms with Crippen LogP contribution in [0.15, 0.2) is 12.4 Å².